The average Bonchev–Trinajstić information content (AvgIpc) is 2.55. The molecule has 1 aromatic rings. The maximum Gasteiger partial charge on any atom is 0.414 e. The van der Waals surface area contributed by atoms with Gasteiger partial charge in [0.2, 0.25) is 0 Å². The Morgan fingerprint density at radius 2 is 2.21 bits per heavy atom. The Hall–Kier alpha value is -1.46. The van der Waals surface area contributed by atoms with Crippen LogP contribution in [-0.4, -0.2) is 55.7 Å². The second kappa shape index (κ2) is 8.08. The molecule has 0 aliphatic carbocycles. The van der Waals surface area contributed by atoms with Crippen molar-refractivity contribution in [3.05, 3.63) is 23.8 Å². The van der Waals surface area contributed by atoms with E-state index >= 15 is 0 Å². The van der Waals surface area contributed by atoms with Gasteiger partial charge in [0.1, 0.15) is 18.1 Å². The van der Waals surface area contributed by atoms with Gasteiger partial charge in [-0.2, -0.15) is 0 Å². The molecule has 1 amide bonds. The summed E-state index contributed by atoms with van der Waals surface area (Å²) in [4.78, 5) is 15.7. The summed E-state index contributed by atoms with van der Waals surface area (Å²) in [5.41, 5.74) is 1.19. The van der Waals surface area contributed by atoms with Gasteiger partial charge in [-0.25, -0.2) is 4.79 Å². The van der Waals surface area contributed by atoms with E-state index in [9.17, 15) is 4.79 Å². The Morgan fingerprint density at radius 3 is 2.92 bits per heavy atom. The van der Waals surface area contributed by atoms with Crippen LogP contribution in [-0.2, 0) is 0 Å². The number of amides is 1. The predicted molar refractivity (Wildman–Crippen MR) is 96.5 cm³/mol. The van der Waals surface area contributed by atoms with Crippen LogP contribution in [0.15, 0.2) is 18.2 Å². The maximum atomic E-state index is 11.8. The normalized spacial score (nSPS) is 22.5. The first-order chi connectivity index (χ1) is 11.1. The fraction of sp³-hybridized carbons (Fsp3) is 0.611. The third kappa shape index (κ3) is 3.78. The maximum absolute atomic E-state index is 11.8. The molecular weight excluding hydrogens is 328 g/mol. The lowest BCUT2D eigenvalue weighted by Crippen LogP contribution is -2.49. The topological polar surface area (TPSA) is 42.0 Å². The molecule has 5 nitrogen and oxygen atoms in total. The second-order valence-corrected chi connectivity index (χ2v) is 6.63. The fourth-order valence-corrected chi connectivity index (χ4v) is 3.65. The fourth-order valence-electron chi connectivity index (χ4n) is 3.65. The van der Waals surface area contributed by atoms with Crippen LogP contribution in [0.25, 0.3) is 0 Å². The van der Waals surface area contributed by atoms with Crippen LogP contribution in [0.3, 0.4) is 0 Å². The second-order valence-electron chi connectivity index (χ2n) is 6.63. The van der Waals surface area contributed by atoms with E-state index in [2.05, 4.69) is 11.8 Å². The number of fused-ring (bicyclic) bond motifs is 3. The van der Waals surface area contributed by atoms with Crippen molar-refractivity contribution in [2.75, 3.05) is 33.8 Å². The Kier molecular flexibility index (Phi) is 6.35. The minimum Gasteiger partial charge on any atom is -0.492 e. The number of ether oxygens (including phenoxy) is 2. The van der Waals surface area contributed by atoms with Gasteiger partial charge in [-0.1, -0.05) is 6.92 Å². The number of piperidine rings is 1. The molecule has 0 N–H and O–H groups in total. The first-order valence-corrected chi connectivity index (χ1v) is 8.50. The van der Waals surface area contributed by atoms with Crippen LogP contribution in [0.4, 0.5) is 4.79 Å². The molecule has 1 fully saturated rings. The van der Waals surface area contributed by atoms with Crippen molar-refractivity contribution in [1.29, 1.82) is 0 Å². The smallest absolute Gasteiger partial charge is 0.414 e. The molecule has 1 saturated heterocycles. The molecule has 134 valence electrons. The number of nitrogens with zero attached hydrogens (tertiary/aromatic N) is 2. The molecule has 0 radical (unpaired) electrons. The molecule has 24 heavy (non-hydrogen) atoms. The van der Waals surface area contributed by atoms with Gasteiger partial charge in [-0.15, -0.1) is 12.4 Å². The van der Waals surface area contributed by atoms with Gasteiger partial charge in [0.15, 0.2) is 0 Å². The van der Waals surface area contributed by atoms with Gasteiger partial charge in [0.25, 0.3) is 0 Å². The molecule has 0 saturated carbocycles. The summed E-state index contributed by atoms with van der Waals surface area (Å²) in [6, 6.07) is 6.18. The summed E-state index contributed by atoms with van der Waals surface area (Å²) in [6.45, 7) is 5.26. The highest BCUT2D eigenvalue weighted by Crippen LogP contribution is 2.42. The lowest BCUT2D eigenvalue weighted by Gasteiger charge is -2.44. The molecule has 0 aromatic heterocycles. The van der Waals surface area contributed by atoms with Crippen molar-refractivity contribution in [2.24, 2.45) is 0 Å². The van der Waals surface area contributed by atoms with Gasteiger partial charge in [0.05, 0.1) is 6.04 Å². The van der Waals surface area contributed by atoms with Crippen LogP contribution in [0.5, 0.6) is 11.5 Å². The number of likely N-dealkylation sites (tertiary alicyclic amines) is 1. The van der Waals surface area contributed by atoms with Gasteiger partial charge < -0.3 is 14.4 Å². The first kappa shape index (κ1) is 18.9. The lowest BCUT2D eigenvalue weighted by molar-refractivity contribution is 0.0658. The summed E-state index contributed by atoms with van der Waals surface area (Å²) in [5, 5.41) is 0. The van der Waals surface area contributed by atoms with Gasteiger partial charge in [-0.3, -0.25) is 4.90 Å². The Morgan fingerprint density at radius 1 is 1.42 bits per heavy atom. The van der Waals surface area contributed by atoms with Crippen molar-refractivity contribution in [3.63, 3.8) is 0 Å². The molecule has 2 aliphatic rings. The molecule has 0 spiro atoms. The molecule has 2 atom stereocenters. The van der Waals surface area contributed by atoms with Crippen molar-refractivity contribution in [1.82, 2.24) is 9.80 Å². The third-order valence-electron chi connectivity index (χ3n) is 4.77. The molecule has 1 aromatic carbocycles. The number of benzene rings is 1. The van der Waals surface area contributed by atoms with Crippen molar-refractivity contribution >= 4 is 18.5 Å². The Balaban J connectivity index is 0.00000208. The molecule has 0 unspecified atom stereocenters. The molecule has 6 heteroatoms. The largest absolute Gasteiger partial charge is 0.492 e. The molecular formula is C18H27ClN2O3. The van der Waals surface area contributed by atoms with E-state index < -0.39 is 0 Å². The van der Waals surface area contributed by atoms with E-state index in [-0.39, 0.29) is 18.5 Å². The highest BCUT2D eigenvalue weighted by atomic mass is 35.5. The zero-order chi connectivity index (χ0) is 16.4. The standard InChI is InChI=1S/C18H26N2O3.ClH/c1-4-9-20-10-5-6-14-15-11-13(23-18(21)19(2)3)7-8-17(15)22-12-16(14)20;/h7-8,11,14,16H,4-6,9-10,12H2,1-3H3;1H/t14-,16-;/m0./s1. The van der Waals surface area contributed by atoms with Gasteiger partial charge >= 0.3 is 6.09 Å². The van der Waals surface area contributed by atoms with Crippen molar-refractivity contribution < 1.29 is 14.3 Å². The zero-order valence-corrected chi connectivity index (χ0v) is 15.5. The van der Waals surface area contributed by atoms with Crippen molar-refractivity contribution in [2.45, 2.75) is 38.1 Å². The quantitative estimate of drug-likeness (QED) is 0.832. The van der Waals surface area contributed by atoms with Gasteiger partial charge in [0, 0.05) is 25.6 Å². The van der Waals surface area contributed by atoms with Crippen LogP contribution < -0.4 is 9.47 Å². The highest BCUT2D eigenvalue weighted by Gasteiger charge is 2.37. The van der Waals surface area contributed by atoms with E-state index in [4.69, 9.17) is 9.47 Å². The van der Waals surface area contributed by atoms with E-state index in [0.29, 0.717) is 17.7 Å². The average molecular weight is 355 g/mol. The van der Waals surface area contributed by atoms with Crippen LogP contribution in [0, 0.1) is 0 Å². The summed E-state index contributed by atoms with van der Waals surface area (Å²) in [6.07, 6.45) is 3.19. The molecule has 3 rings (SSSR count). The lowest BCUT2D eigenvalue weighted by atomic mass is 9.81. The summed E-state index contributed by atoms with van der Waals surface area (Å²) < 4.78 is 11.4. The van der Waals surface area contributed by atoms with E-state index in [1.807, 2.05) is 18.2 Å². The first-order valence-electron chi connectivity index (χ1n) is 8.50. The highest BCUT2D eigenvalue weighted by molar-refractivity contribution is 5.85. The van der Waals surface area contributed by atoms with E-state index in [0.717, 1.165) is 31.9 Å². The van der Waals surface area contributed by atoms with E-state index in [1.54, 1.807) is 14.1 Å². The van der Waals surface area contributed by atoms with Crippen LogP contribution >= 0.6 is 12.4 Å². The summed E-state index contributed by atoms with van der Waals surface area (Å²) >= 11 is 0. The van der Waals surface area contributed by atoms with Crippen LogP contribution in [0.2, 0.25) is 0 Å². The monoisotopic (exact) mass is 354 g/mol. The summed E-state index contributed by atoms with van der Waals surface area (Å²) in [7, 11) is 3.37. The number of carbonyl (C=O) groups is 1. The number of rotatable bonds is 3. The number of hydrogen-bond acceptors (Lipinski definition) is 4. The Labute approximate surface area is 150 Å². The van der Waals surface area contributed by atoms with Crippen molar-refractivity contribution in [3.8, 4) is 11.5 Å². The van der Waals surface area contributed by atoms with E-state index in [1.165, 1.54) is 23.3 Å². The minimum absolute atomic E-state index is 0. The molecule has 0 bridgehead atoms. The molecule has 2 heterocycles. The SMILES string of the molecule is CCCN1CCC[C@H]2c3cc(OC(=O)N(C)C)ccc3OC[C@@H]21.Cl. The minimum atomic E-state index is -0.352. The summed E-state index contributed by atoms with van der Waals surface area (Å²) in [5.74, 6) is 2.01. The predicted octanol–water partition coefficient (Wildman–Crippen LogP) is 3.52. The van der Waals surface area contributed by atoms with Gasteiger partial charge in [-0.05, 0) is 50.6 Å². The third-order valence-corrected chi connectivity index (χ3v) is 4.77. The number of hydrogen-bond donors (Lipinski definition) is 0. The Bertz CT molecular complexity index is 577. The molecule has 2 aliphatic heterocycles. The number of halogens is 1. The van der Waals surface area contributed by atoms with Crippen LogP contribution in [0.1, 0.15) is 37.7 Å². The zero-order valence-electron chi connectivity index (χ0n) is 14.7. The number of carbonyl (C=O) groups excluding carboxylic acids is 1.